The topological polar surface area (TPSA) is 81.7 Å². The van der Waals surface area contributed by atoms with Crippen molar-refractivity contribution in [2.24, 2.45) is 0 Å². The lowest BCUT2D eigenvalue weighted by Crippen LogP contribution is -2.30. The monoisotopic (exact) mass is 333 g/mol. The number of rotatable bonds is 3. The lowest BCUT2D eigenvalue weighted by molar-refractivity contribution is -0.129. The quantitative estimate of drug-likeness (QED) is 0.853. The van der Waals surface area contributed by atoms with E-state index in [2.05, 4.69) is 5.32 Å². The average Bonchev–Trinajstić information content (AvgIpc) is 2.48. The van der Waals surface area contributed by atoms with Gasteiger partial charge in [-0.2, -0.15) is 0 Å². The lowest BCUT2D eigenvalue weighted by atomic mass is 9.96. The number of hydrogen-bond donors (Lipinski definition) is 1. The molecule has 0 aromatic heterocycles. The average molecular weight is 333 g/mol. The van der Waals surface area contributed by atoms with Crippen molar-refractivity contribution in [3.63, 3.8) is 0 Å². The molecule has 6 nitrogen and oxygen atoms in total. The van der Waals surface area contributed by atoms with Crippen LogP contribution in [0.15, 0.2) is 24.3 Å². The highest BCUT2D eigenvalue weighted by molar-refractivity contribution is 5.94. The first-order chi connectivity index (χ1) is 11.2. The first kappa shape index (κ1) is 18.0. The first-order valence-corrected chi connectivity index (χ1v) is 8.08. The second-order valence-electron chi connectivity index (χ2n) is 6.81. The van der Waals surface area contributed by atoms with Crippen LogP contribution in [-0.4, -0.2) is 29.6 Å². The van der Waals surface area contributed by atoms with E-state index in [-0.39, 0.29) is 5.78 Å². The molecular formula is C18H23NO5. The maximum Gasteiger partial charge on any atom is 0.412 e. The number of benzene rings is 1. The molecule has 0 aliphatic heterocycles. The number of esters is 1. The van der Waals surface area contributed by atoms with Gasteiger partial charge in [-0.05, 0) is 64.3 Å². The zero-order valence-electron chi connectivity index (χ0n) is 14.3. The van der Waals surface area contributed by atoms with Crippen molar-refractivity contribution >= 4 is 23.5 Å². The Morgan fingerprint density at radius 1 is 1.12 bits per heavy atom. The molecule has 1 aromatic rings. The normalized spacial score (nSPS) is 18.0. The third-order valence-electron chi connectivity index (χ3n) is 3.51. The van der Waals surface area contributed by atoms with Crippen LogP contribution in [0.3, 0.4) is 0 Å². The van der Waals surface area contributed by atoms with E-state index in [0.717, 1.165) is 12.8 Å². The Balaban J connectivity index is 1.92. The van der Waals surface area contributed by atoms with Gasteiger partial charge in [-0.25, -0.2) is 9.59 Å². The highest BCUT2D eigenvalue weighted by Gasteiger charge is 2.26. The molecule has 1 saturated carbocycles. The van der Waals surface area contributed by atoms with Crippen molar-refractivity contribution in [1.29, 1.82) is 0 Å². The van der Waals surface area contributed by atoms with Crippen LogP contribution in [0.1, 0.15) is 56.8 Å². The number of nitrogens with one attached hydrogen (secondary N) is 1. The van der Waals surface area contributed by atoms with E-state index in [1.54, 1.807) is 45.0 Å². The zero-order valence-corrected chi connectivity index (χ0v) is 14.3. The highest BCUT2D eigenvalue weighted by Crippen LogP contribution is 2.19. The van der Waals surface area contributed by atoms with Gasteiger partial charge in [0, 0.05) is 12.1 Å². The van der Waals surface area contributed by atoms with Crippen molar-refractivity contribution in [3.05, 3.63) is 29.8 Å². The summed E-state index contributed by atoms with van der Waals surface area (Å²) in [7, 11) is 0. The summed E-state index contributed by atoms with van der Waals surface area (Å²) >= 11 is 0. The summed E-state index contributed by atoms with van der Waals surface area (Å²) in [5.41, 5.74) is 0.262. The molecule has 1 atom stereocenters. The smallest absolute Gasteiger partial charge is 0.412 e. The van der Waals surface area contributed by atoms with Crippen molar-refractivity contribution < 1.29 is 23.9 Å². The fourth-order valence-corrected chi connectivity index (χ4v) is 2.38. The SMILES string of the molecule is CC(C)(C)OC(=O)Nc1ccc(C(=O)O[C@H]2CCCCC2=O)cc1. The van der Waals surface area contributed by atoms with Crippen LogP contribution >= 0.6 is 0 Å². The Labute approximate surface area is 141 Å². The van der Waals surface area contributed by atoms with Gasteiger partial charge < -0.3 is 9.47 Å². The molecule has 130 valence electrons. The Bertz CT molecular complexity index is 615. The Morgan fingerprint density at radius 3 is 2.38 bits per heavy atom. The summed E-state index contributed by atoms with van der Waals surface area (Å²) in [6, 6.07) is 6.26. The van der Waals surface area contributed by atoms with Crippen LogP contribution in [0.25, 0.3) is 0 Å². The number of amides is 1. The minimum atomic E-state index is -0.634. The molecule has 1 aliphatic rings. The molecule has 0 radical (unpaired) electrons. The molecule has 2 rings (SSSR count). The van der Waals surface area contributed by atoms with Crippen LogP contribution in [0.2, 0.25) is 0 Å². The predicted octanol–water partition coefficient (Wildman–Crippen LogP) is 3.70. The molecule has 1 N–H and O–H groups in total. The Hall–Kier alpha value is -2.37. The predicted molar refractivity (Wildman–Crippen MR) is 89.0 cm³/mol. The fraction of sp³-hybridized carbons (Fsp3) is 0.500. The van der Waals surface area contributed by atoms with Crippen LogP contribution in [0, 0.1) is 0 Å². The number of hydrogen-bond acceptors (Lipinski definition) is 5. The van der Waals surface area contributed by atoms with Crippen LogP contribution in [-0.2, 0) is 14.3 Å². The molecule has 1 amide bonds. The molecule has 0 unspecified atom stereocenters. The third kappa shape index (κ3) is 5.37. The minimum absolute atomic E-state index is 0.0159. The summed E-state index contributed by atoms with van der Waals surface area (Å²) in [4.78, 5) is 35.5. The zero-order chi connectivity index (χ0) is 17.7. The van der Waals surface area contributed by atoms with Crippen molar-refractivity contribution in [1.82, 2.24) is 0 Å². The molecular weight excluding hydrogens is 310 g/mol. The Morgan fingerprint density at radius 2 is 1.79 bits per heavy atom. The van der Waals surface area contributed by atoms with E-state index in [4.69, 9.17) is 9.47 Å². The number of Topliss-reactive ketones (excluding diaryl/α,β-unsaturated/α-hetero) is 1. The van der Waals surface area contributed by atoms with Gasteiger partial charge in [-0.3, -0.25) is 10.1 Å². The van der Waals surface area contributed by atoms with E-state index >= 15 is 0 Å². The van der Waals surface area contributed by atoms with E-state index in [1.165, 1.54) is 0 Å². The second-order valence-corrected chi connectivity index (χ2v) is 6.81. The molecule has 1 fully saturated rings. The van der Waals surface area contributed by atoms with Crippen LogP contribution < -0.4 is 5.32 Å². The van der Waals surface area contributed by atoms with Crippen molar-refractivity contribution in [2.45, 2.75) is 58.2 Å². The van der Waals surface area contributed by atoms with Crippen LogP contribution in [0.5, 0.6) is 0 Å². The molecule has 0 spiro atoms. The standard InChI is InChI=1S/C18H23NO5/c1-18(2,3)24-17(22)19-13-10-8-12(9-11-13)16(21)23-15-7-5-4-6-14(15)20/h8-11,15H,4-7H2,1-3H3,(H,19,22)/t15-/m0/s1. The van der Waals surface area contributed by atoms with Gasteiger partial charge in [-0.15, -0.1) is 0 Å². The first-order valence-electron chi connectivity index (χ1n) is 8.08. The fourth-order valence-electron chi connectivity index (χ4n) is 2.38. The van der Waals surface area contributed by atoms with Crippen molar-refractivity contribution in [3.8, 4) is 0 Å². The van der Waals surface area contributed by atoms with Gasteiger partial charge in [0.2, 0.25) is 0 Å². The maximum absolute atomic E-state index is 12.1. The highest BCUT2D eigenvalue weighted by atomic mass is 16.6. The van der Waals surface area contributed by atoms with Gasteiger partial charge in [0.1, 0.15) is 5.60 Å². The van der Waals surface area contributed by atoms with E-state index in [9.17, 15) is 14.4 Å². The molecule has 6 heteroatoms. The summed E-state index contributed by atoms with van der Waals surface area (Å²) in [6.07, 6.45) is 1.61. The summed E-state index contributed by atoms with van der Waals surface area (Å²) in [6.45, 7) is 5.33. The number of carbonyl (C=O) groups excluding carboxylic acids is 3. The minimum Gasteiger partial charge on any atom is -0.451 e. The van der Waals surface area contributed by atoms with E-state index < -0.39 is 23.8 Å². The van der Waals surface area contributed by atoms with Crippen molar-refractivity contribution in [2.75, 3.05) is 5.32 Å². The van der Waals surface area contributed by atoms with Crippen LogP contribution in [0.4, 0.5) is 10.5 Å². The second kappa shape index (κ2) is 7.47. The lowest BCUT2D eigenvalue weighted by Gasteiger charge is -2.21. The van der Waals surface area contributed by atoms with Gasteiger partial charge >= 0.3 is 12.1 Å². The van der Waals surface area contributed by atoms with E-state index in [1.807, 2.05) is 0 Å². The molecule has 0 saturated heterocycles. The van der Waals surface area contributed by atoms with Gasteiger partial charge in [0.25, 0.3) is 0 Å². The molecule has 1 aliphatic carbocycles. The molecule has 0 bridgehead atoms. The number of carbonyl (C=O) groups is 3. The largest absolute Gasteiger partial charge is 0.451 e. The van der Waals surface area contributed by atoms with E-state index in [0.29, 0.717) is 24.1 Å². The third-order valence-corrected chi connectivity index (χ3v) is 3.51. The number of anilines is 1. The summed E-state index contributed by atoms with van der Waals surface area (Å²) < 4.78 is 10.4. The Kier molecular flexibility index (Phi) is 5.59. The molecule has 0 heterocycles. The summed E-state index contributed by atoms with van der Waals surface area (Å²) in [5.74, 6) is -0.545. The summed E-state index contributed by atoms with van der Waals surface area (Å²) in [5, 5.41) is 2.59. The molecule has 24 heavy (non-hydrogen) atoms. The number of ether oxygens (including phenoxy) is 2. The van der Waals surface area contributed by atoms with Gasteiger partial charge in [0.05, 0.1) is 5.56 Å². The van der Waals surface area contributed by atoms with Gasteiger partial charge in [-0.1, -0.05) is 0 Å². The molecule has 1 aromatic carbocycles. The maximum atomic E-state index is 12.1. The van der Waals surface area contributed by atoms with Gasteiger partial charge in [0.15, 0.2) is 11.9 Å². The number of ketones is 1.